The normalized spacial score (nSPS) is 15.5. The summed E-state index contributed by atoms with van der Waals surface area (Å²) in [5, 5.41) is 43.0. The molecular weight excluding hydrogens is 2020 g/mol. The van der Waals surface area contributed by atoms with Crippen molar-refractivity contribution in [1.82, 2.24) is 75.8 Å². The van der Waals surface area contributed by atoms with Gasteiger partial charge in [0.05, 0.1) is 89.0 Å². The van der Waals surface area contributed by atoms with Crippen molar-refractivity contribution in [3.05, 3.63) is 209 Å². The fourth-order valence-corrected chi connectivity index (χ4v) is 16.2. The molecular formula is C101H119BrCl4N20O15Zn. The molecule has 5 saturated carbocycles. The maximum absolute atomic E-state index is 12.3. The summed E-state index contributed by atoms with van der Waals surface area (Å²) in [6, 6.07) is 16.2. The Labute approximate surface area is 864 Å². The van der Waals surface area contributed by atoms with E-state index in [1.807, 2.05) is 106 Å². The second kappa shape index (κ2) is 46.9. The maximum Gasteiger partial charge on any atom is 0.340 e. The first kappa shape index (κ1) is 110. The molecule has 0 spiro atoms. The molecule has 35 nitrogen and oxygen atoms in total. The Kier molecular flexibility index (Phi) is 36.3. The summed E-state index contributed by atoms with van der Waals surface area (Å²) in [5.41, 5.74) is 25.9. The molecule has 41 heteroatoms. The maximum atomic E-state index is 12.3. The molecule has 0 amide bonds. The fourth-order valence-electron chi connectivity index (χ4n) is 15.4. The van der Waals surface area contributed by atoms with E-state index in [0.717, 1.165) is 169 Å². The van der Waals surface area contributed by atoms with Gasteiger partial charge in [-0.05, 0) is 262 Å². The number of aromatic nitrogens is 12. The van der Waals surface area contributed by atoms with E-state index in [9.17, 15) is 24.3 Å². The molecule has 12 aromatic heterocycles. The zero-order valence-corrected chi connectivity index (χ0v) is 90.0. The van der Waals surface area contributed by atoms with Crippen molar-refractivity contribution in [1.29, 1.82) is 0 Å². The number of pyridine rings is 12. The van der Waals surface area contributed by atoms with E-state index < -0.39 is 33.4 Å². The van der Waals surface area contributed by atoms with Gasteiger partial charge in [-0.15, -0.1) is 0 Å². The first-order valence-corrected chi connectivity index (χ1v) is 49.1. The molecule has 14 heterocycles. The summed E-state index contributed by atoms with van der Waals surface area (Å²) in [4.78, 5) is 101. The van der Waals surface area contributed by atoms with Gasteiger partial charge in [-0.25, -0.2) is 59.4 Å². The van der Waals surface area contributed by atoms with E-state index in [0.29, 0.717) is 105 Å². The second-order valence-electron chi connectivity index (χ2n) is 39.0. The van der Waals surface area contributed by atoms with Crippen LogP contribution in [0.1, 0.15) is 232 Å². The fraction of sp³-hybridized carbons (Fsp3) is 0.465. The molecule has 19 rings (SSSR count). The van der Waals surface area contributed by atoms with Crippen molar-refractivity contribution in [2.24, 2.45) is 10.8 Å². The molecule has 9 N–H and O–H groups in total. The van der Waals surface area contributed by atoms with Crippen LogP contribution in [0.25, 0.3) is 64.3 Å². The number of nitrogens with zero attached hydrogens (tertiary/aromatic N) is 15. The number of esters is 4. The molecule has 5 fully saturated rings. The number of halogens is 5. The molecule has 12 aromatic rings. The van der Waals surface area contributed by atoms with Gasteiger partial charge in [0.15, 0.2) is 0 Å². The number of hydrogen-bond donors (Lipinski definition) is 7. The predicted molar refractivity (Wildman–Crippen MR) is 543 cm³/mol. The number of anilines is 1. The minimum Gasteiger partial charge on any atom is -0.474 e. The van der Waals surface area contributed by atoms with E-state index in [2.05, 4.69) is 135 Å². The third kappa shape index (κ3) is 29.5. The third-order valence-corrected chi connectivity index (χ3v) is 24.9. The zero-order chi connectivity index (χ0) is 102. The predicted octanol–water partition coefficient (Wildman–Crippen LogP) is 18.0. The first-order valence-electron chi connectivity index (χ1n) is 46.4. The van der Waals surface area contributed by atoms with Gasteiger partial charge in [0.1, 0.15) is 73.5 Å². The van der Waals surface area contributed by atoms with Crippen molar-refractivity contribution < 1.29 is 91.5 Å². The Morgan fingerprint density at radius 2 is 0.789 bits per heavy atom. The van der Waals surface area contributed by atoms with Crippen molar-refractivity contribution in [2.75, 3.05) is 58.1 Å². The van der Waals surface area contributed by atoms with E-state index in [1.54, 1.807) is 73.7 Å². The van der Waals surface area contributed by atoms with Gasteiger partial charge >= 0.3 is 23.9 Å². The number of nitrogens with one attached hydrogen (secondary N) is 3. The number of aliphatic hydroxyl groups is 2. The van der Waals surface area contributed by atoms with Crippen LogP contribution in [0.4, 0.5) is 5.82 Å². The van der Waals surface area contributed by atoms with Gasteiger partial charge in [-0.2, -0.15) is 0 Å². The summed E-state index contributed by atoms with van der Waals surface area (Å²) in [6.07, 6.45) is 31.2. The number of carbonyl (C=O) groups excluding carboxylic acids is 4. The van der Waals surface area contributed by atoms with E-state index in [-0.39, 0.29) is 98.4 Å². The van der Waals surface area contributed by atoms with Crippen LogP contribution in [-0.4, -0.2) is 188 Å². The molecule has 0 saturated heterocycles. The van der Waals surface area contributed by atoms with Gasteiger partial charge in [0, 0.05) is 152 Å². The summed E-state index contributed by atoms with van der Waals surface area (Å²) in [5.74, 6) is 2.20. The number of fused-ring (bicyclic) bond motifs is 7. The van der Waals surface area contributed by atoms with Gasteiger partial charge < -0.3 is 74.9 Å². The molecule has 0 bridgehead atoms. The minimum atomic E-state index is -0.733. The molecule has 7 aliphatic rings. The third-order valence-electron chi connectivity index (χ3n) is 23.6. The number of aliphatic hydroxyl groups excluding tert-OH is 2. The Bertz CT molecular complexity index is 6650. The summed E-state index contributed by atoms with van der Waals surface area (Å²) in [7, 11) is 2.72. The van der Waals surface area contributed by atoms with E-state index >= 15 is 0 Å². The SMILES string of the molecule is CC(C)(N)c1cnc(OC2CC2)c2cnc(Cl)cc12.CC(C)(N=[N+]=[N-])c1cnc(OC2CC2)c2cnc(Cl)cc12.CC(C)(NCCO)c1cnc(OC2CC2)c2cnc(Cl)cc12.CC1(C)Cc2nc(Cc3cc4c(C(C)(C)NCCO)cnc(OC5CC5)c4cn3)ccc2C(=O)O1.CC1(C)Cc2nc(N)ccc2C(=O)O1.COC(=O)CBr.COC(=O)CNC(C)(C)c1cnc(OC2CC2)c2cnc(Cl)cc12.[Zn]. The number of alkyl halides is 1. The Morgan fingerprint density at radius 3 is 1.13 bits per heavy atom. The standard InChI is InChI=1S/C27H32N4O4.C17H20ClN3O3.C16H20ClN3O2.C14H14ClN5O.C14H16ClN3O.C10H12N2O2.C3H5BrO2.Zn/c1-26(2)13-23-19(25(33)35-26)8-5-16(31-23)11-17-12-20-21(14-28-17)24(34-18-6-7-18)29-15-22(20)27(3,4)30-9-10-32;1-17(2,21-9-15(22)23-3)13-8-20-16(24-10-4-5-10)12-7-19-14(18)6-11(12)13;1-16(2,20-5-6-21)13-9-19-15(22-10-3-4-10)12-8-18-14(17)7-11(12)13;1-14(2,19-20-16)11-7-18-13(21-8-3-4-8)10-6-17-12(15)5-9(10)11;1-14(2,16)11-7-18-13(19-8-3-4-8)10-6-17-12(15)5-9(10)11;1-10(2)5-7-6(9(13)14-10)3-4-8(11)12-7;1-6-3(5)2-4;/h5,8,12,14-15,18,30,32H,6-7,9-11,13H2,1-4H3;6-8,10,21H,4-5,9H2,1-3H3;7-10,20-21H,3-6H2,1-2H3;5-8H,3-4H2,1-2H3;5-8H,3-4,16H2,1-2H3;3-4H,5H2,1-2H3,(H2,11,12);2H2,1H3;. The Hall–Kier alpha value is -10.9. The first-order chi connectivity index (χ1) is 66.8. The minimum absolute atomic E-state index is 0. The van der Waals surface area contributed by atoms with Gasteiger partial charge in [0.25, 0.3) is 0 Å². The molecule has 0 radical (unpaired) electrons. The smallest absolute Gasteiger partial charge is 0.340 e. The van der Waals surface area contributed by atoms with Crippen molar-refractivity contribution >= 4 is 146 Å². The molecule has 0 atom stereocenters. The number of carbonyl (C=O) groups is 4. The number of rotatable bonds is 28. The van der Waals surface area contributed by atoms with Crippen molar-refractivity contribution in [3.63, 3.8) is 0 Å². The monoisotopic (exact) mass is 2130 g/mol. The molecule has 5 aliphatic carbocycles. The van der Waals surface area contributed by atoms with Gasteiger partial charge in [-0.1, -0.05) is 81.3 Å². The average molecular weight is 2140 g/mol. The summed E-state index contributed by atoms with van der Waals surface area (Å²) in [6.45, 7) is 28.5. The van der Waals surface area contributed by atoms with E-state index in [4.69, 9.17) is 112 Å². The second-order valence-corrected chi connectivity index (χ2v) is 41.2. The molecule has 0 unspecified atom stereocenters. The number of hydrogen-bond acceptors (Lipinski definition) is 33. The summed E-state index contributed by atoms with van der Waals surface area (Å²) < 4.78 is 49.1. The quantitative estimate of drug-likeness (QED) is 0.00350. The van der Waals surface area contributed by atoms with Crippen LogP contribution in [0.3, 0.4) is 0 Å². The molecule has 2 aliphatic heterocycles. The number of azide groups is 1. The summed E-state index contributed by atoms with van der Waals surface area (Å²) >= 11 is 27.1. The van der Waals surface area contributed by atoms with Crippen LogP contribution in [0, 0.1) is 0 Å². The van der Waals surface area contributed by atoms with Crippen molar-refractivity contribution in [2.45, 2.75) is 250 Å². The van der Waals surface area contributed by atoms with E-state index in [1.165, 1.54) is 14.2 Å². The Balaban J connectivity index is 0.000000153. The van der Waals surface area contributed by atoms with Crippen LogP contribution >= 0.6 is 62.3 Å². The Morgan fingerprint density at radius 1 is 0.465 bits per heavy atom. The number of ether oxygens (including phenoxy) is 9. The topological polar surface area (TPSA) is 483 Å². The van der Waals surface area contributed by atoms with Crippen LogP contribution in [0.15, 0.2) is 122 Å². The number of nitrogens with two attached hydrogens (primary N) is 2. The van der Waals surface area contributed by atoms with Crippen molar-refractivity contribution in [3.8, 4) is 29.4 Å². The number of cyclic esters (lactones) is 2. The molecule has 142 heavy (non-hydrogen) atoms. The largest absolute Gasteiger partial charge is 0.474 e. The zero-order valence-electron chi connectivity index (χ0n) is 82.5. The van der Waals surface area contributed by atoms with Gasteiger partial charge in [-0.3, -0.25) is 24.9 Å². The average Bonchev–Trinajstić information content (AvgIpc) is 1.15. The number of nitrogen functional groups attached to an aromatic ring is 1. The molecule has 750 valence electrons. The molecule has 0 aromatic carbocycles. The van der Waals surface area contributed by atoms with Crippen LogP contribution in [0.5, 0.6) is 29.4 Å². The van der Waals surface area contributed by atoms with Crippen LogP contribution in [0.2, 0.25) is 20.6 Å². The van der Waals surface area contributed by atoms with Gasteiger partial charge in [0.2, 0.25) is 29.4 Å². The van der Waals surface area contributed by atoms with Crippen LogP contribution < -0.4 is 51.1 Å². The van der Waals surface area contributed by atoms with Crippen LogP contribution in [-0.2, 0) is 95.0 Å². The number of methoxy groups -OCH3 is 2.